The fourth-order valence-electron chi connectivity index (χ4n) is 3.30. The first-order chi connectivity index (χ1) is 13.7. The Kier molecular flexibility index (Phi) is 4.42. The van der Waals surface area contributed by atoms with Gasteiger partial charge in [0, 0.05) is 30.6 Å². The fraction of sp³-hybridized carbons (Fsp3) is 0.278. The van der Waals surface area contributed by atoms with E-state index in [0.29, 0.717) is 13.2 Å². The van der Waals surface area contributed by atoms with Gasteiger partial charge in [-0.2, -0.15) is 4.98 Å². The van der Waals surface area contributed by atoms with E-state index in [1.807, 2.05) is 19.2 Å². The average Bonchev–Trinajstić information content (AvgIpc) is 3.34. The Hall–Kier alpha value is -2.62. The SMILES string of the molecule is Cn1nnnc1-c1cccc(-c2cc3nc(Cl)nc(N4CCOCC4)c3s2)c1. The van der Waals surface area contributed by atoms with Gasteiger partial charge in [-0.3, -0.25) is 0 Å². The van der Waals surface area contributed by atoms with Crippen molar-refractivity contribution < 1.29 is 4.74 Å². The molecule has 3 aromatic heterocycles. The summed E-state index contributed by atoms with van der Waals surface area (Å²) < 4.78 is 8.16. The smallest absolute Gasteiger partial charge is 0.224 e. The van der Waals surface area contributed by atoms with Crippen LogP contribution in [0, 0.1) is 0 Å². The van der Waals surface area contributed by atoms with E-state index >= 15 is 0 Å². The number of morpholine rings is 1. The first-order valence-corrected chi connectivity index (χ1v) is 10.0. The maximum absolute atomic E-state index is 6.21. The van der Waals surface area contributed by atoms with Gasteiger partial charge in [0.2, 0.25) is 5.28 Å². The number of rotatable bonds is 3. The van der Waals surface area contributed by atoms with Gasteiger partial charge in [0.15, 0.2) is 11.6 Å². The number of fused-ring (bicyclic) bond motifs is 1. The Morgan fingerprint density at radius 2 is 1.93 bits per heavy atom. The zero-order valence-electron chi connectivity index (χ0n) is 15.0. The summed E-state index contributed by atoms with van der Waals surface area (Å²) in [5.41, 5.74) is 2.89. The standard InChI is InChI=1S/C18H16ClN7OS/c1-25-16(22-23-24-25)12-4-2-3-11(9-12)14-10-13-15(28-14)17(21-18(19)20-13)26-5-7-27-8-6-26/h2-4,9-10H,5-8H2,1H3. The molecule has 1 aliphatic heterocycles. The molecule has 1 saturated heterocycles. The molecule has 0 radical (unpaired) electrons. The van der Waals surface area contributed by atoms with Crippen LogP contribution in [-0.2, 0) is 11.8 Å². The van der Waals surface area contributed by atoms with Crippen molar-refractivity contribution in [3.63, 3.8) is 0 Å². The number of halogens is 1. The number of ether oxygens (including phenoxy) is 1. The largest absolute Gasteiger partial charge is 0.378 e. The third kappa shape index (κ3) is 3.11. The van der Waals surface area contributed by atoms with Crippen molar-refractivity contribution in [2.45, 2.75) is 0 Å². The minimum Gasteiger partial charge on any atom is -0.378 e. The van der Waals surface area contributed by atoms with E-state index in [2.05, 4.69) is 48.6 Å². The van der Waals surface area contributed by atoms with Gasteiger partial charge in [0.25, 0.3) is 0 Å². The van der Waals surface area contributed by atoms with Gasteiger partial charge in [-0.15, -0.1) is 16.4 Å². The van der Waals surface area contributed by atoms with E-state index in [9.17, 15) is 0 Å². The minimum atomic E-state index is 0.261. The van der Waals surface area contributed by atoms with Gasteiger partial charge >= 0.3 is 0 Å². The van der Waals surface area contributed by atoms with Crippen molar-refractivity contribution in [2.75, 3.05) is 31.2 Å². The van der Waals surface area contributed by atoms with E-state index < -0.39 is 0 Å². The average molecular weight is 414 g/mol. The number of anilines is 1. The highest BCUT2D eigenvalue weighted by Gasteiger charge is 2.20. The zero-order chi connectivity index (χ0) is 19.1. The highest BCUT2D eigenvalue weighted by atomic mass is 35.5. The Labute approximate surface area is 169 Å². The second-order valence-electron chi connectivity index (χ2n) is 6.45. The quantitative estimate of drug-likeness (QED) is 0.477. The molecule has 0 saturated carbocycles. The number of hydrogen-bond donors (Lipinski definition) is 0. The van der Waals surface area contributed by atoms with Gasteiger partial charge in [-0.1, -0.05) is 18.2 Å². The van der Waals surface area contributed by atoms with Crippen molar-refractivity contribution in [2.24, 2.45) is 7.05 Å². The van der Waals surface area contributed by atoms with Gasteiger partial charge in [-0.25, -0.2) is 9.67 Å². The van der Waals surface area contributed by atoms with Crippen LogP contribution in [0.15, 0.2) is 30.3 Å². The Morgan fingerprint density at radius 3 is 2.71 bits per heavy atom. The molecule has 0 unspecified atom stereocenters. The van der Waals surface area contributed by atoms with Crippen molar-refractivity contribution in [1.82, 2.24) is 30.2 Å². The molecule has 0 amide bonds. The number of aromatic nitrogens is 6. The van der Waals surface area contributed by atoms with Gasteiger partial charge < -0.3 is 9.64 Å². The van der Waals surface area contributed by atoms with Crippen LogP contribution >= 0.6 is 22.9 Å². The van der Waals surface area contributed by atoms with E-state index in [-0.39, 0.29) is 5.28 Å². The predicted molar refractivity (Wildman–Crippen MR) is 109 cm³/mol. The normalized spacial score (nSPS) is 14.7. The summed E-state index contributed by atoms with van der Waals surface area (Å²) in [6.07, 6.45) is 0. The summed E-state index contributed by atoms with van der Waals surface area (Å²) in [4.78, 5) is 12.2. The van der Waals surface area contributed by atoms with Crippen LogP contribution in [0.4, 0.5) is 5.82 Å². The summed E-state index contributed by atoms with van der Waals surface area (Å²) in [6, 6.07) is 10.2. The second-order valence-corrected chi connectivity index (χ2v) is 7.84. The number of aryl methyl sites for hydroxylation is 1. The topological polar surface area (TPSA) is 81.8 Å². The molecule has 4 aromatic rings. The highest BCUT2D eigenvalue weighted by molar-refractivity contribution is 7.22. The summed E-state index contributed by atoms with van der Waals surface area (Å²) >= 11 is 7.87. The van der Waals surface area contributed by atoms with Crippen molar-refractivity contribution in [1.29, 1.82) is 0 Å². The number of thiophene rings is 1. The van der Waals surface area contributed by atoms with Gasteiger partial charge in [-0.05, 0) is 39.7 Å². The van der Waals surface area contributed by atoms with E-state index in [4.69, 9.17) is 16.3 Å². The molecule has 0 aliphatic carbocycles. The molecule has 5 rings (SSSR count). The summed E-state index contributed by atoms with van der Waals surface area (Å²) in [5, 5.41) is 12.0. The molecule has 1 fully saturated rings. The number of nitrogens with zero attached hydrogens (tertiary/aromatic N) is 7. The third-order valence-electron chi connectivity index (χ3n) is 4.66. The summed E-state index contributed by atoms with van der Waals surface area (Å²) in [5.74, 6) is 1.60. The van der Waals surface area contributed by atoms with Gasteiger partial charge in [0.1, 0.15) is 0 Å². The van der Waals surface area contributed by atoms with Crippen LogP contribution < -0.4 is 4.90 Å². The van der Waals surface area contributed by atoms with Crippen molar-refractivity contribution in [3.05, 3.63) is 35.6 Å². The maximum atomic E-state index is 6.21. The monoisotopic (exact) mass is 413 g/mol. The Morgan fingerprint density at radius 1 is 1.11 bits per heavy atom. The van der Waals surface area contributed by atoms with E-state index in [0.717, 1.165) is 51.0 Å². The van der Waals surface area contributed by atoms with Crippen LogP contribution in [0.2, 0.25) is 5.28 Å². The first kappa shape index (κ1) is 17.5. The highest BCUT2D eigenvalue weighted by Crippen LogP contribution is 2.38. The lowest BCUT2D eigenvalue weighted by molar-refractivity contribution is 0.122. The molecule has 1 aromatic carbocycles. The van der Waals surface area contributed by atoms with Gasteiger partial charge in [0.05, 0.1) is 23.4 Å². The number of benzene rings is 1. The number of hydrogen-bond acceptors (Lipinski definition) is 8. The molecule has 0 atom stereocenters. The molecular formula is C18H16ClN7OS. The lowest BCUT2D eigenvalue weighted by Crippen LogP contribution is -2.36. The Balaban J connectivity index is 1.60. The second kappa shape index (κ2) is 7.08. The molecule has 8 nitrogen and oxygen atoms in total. The van der Waals surface area contributed by atoms with E-state index in [1.54, 1.807) is 16.0 Å². The maximum Gasteiger partial charge on any atom is 0.224 e. The molecular weight excluding hydrogens is 398 g/mol. The predicted octanol–water partition coefficient (Wildman–Crippen LogP) is 3.04. The van der Waals surface area contributed by atoms with Crippen LogP contribution in [-0.4, -0.2) is 56.5 Å². The number of tetrazole rings is 1. The molecule has 4 heterocycles. The van der Waals surface area contributed by atoms with Crippen molar-refractivity contribution in [3.8, 4) is 21.8 Å². The minimum absolute atomic E-state index is 0.261. The molecule has 10 heteroatoms. The first-order valence-electron chi connectivity index (χ1n) is 8.82. The van der Waals surface area contributed by atoms with E-state index in [1.165, 1.54) is 0 Å². The Bertz CT molecular complexity index is 1150. The van der Waals surface area contributed by atoms with Crippen LogP contribution in [0.5, 0.6) is 0 Å². The molecule has 28 heavy (non-hydrogen) atoms. The summed E-state index contributed by atoms with van der Waals surface area (Å²) in [7, 11) is 1.83. The lowest BCUT2D eigenvalue weighted by Gasteiger charge is -2.28. The summed E-state index contributed by atoms with van der Waals surface area (Å²) in [6.45, 7) is 2.97. The molecule has 142 valence electrons. The molecule has 1 aliphatic rings. The third-order valence-corrected chi connectivity index (χ3v) is 6.00. The molecule has 0 N–H and O–H groups in total. The zero-order valence-corrected chi connectivity index (χ0v) is 16.6. The molecule has 0 bridgehead atoms. The molecule has 0 spiro atoms. The lowest BCUT2D eigenvalue weighted by atomic mass is 10.1. The fourth-order valence-corrected chi connectivity index (χ4v) is 4.59. The van der Waals surface area contributed by atoms with Crippen LogP contribution in [0.25, 0.3) is 32.0 Å². The van der Waals surface area contributed by atoms with Crippen LogP contribution in [0.3, 0.4) is 0 Å². The van der Waals surface area contributed by atoms with Crippen molar-refractivity contribution >= 4 is 39.0 Å². The van der Waals surface area contributed by atoms with Crippen LogP contribution in [0.1, 0.15) is 0 Å².